The highest BCUT2D eigenvalue weighted by Crippen LogP contribution is 2.48. The number of hydrogen-bond acceptors (Lipinski definition) is 1. The number of hydrogen-bond donors (Lipinski definition) is 0. The lowest BCUT2D eigenvalue weighted by atomic mass is 9.64. The van der Waals surface area contributed by atoms with Crippen molar-refractivity contribution in [1.29, 1.82) is 0 Å². The summed E-state index contributed by atoms with van der Waals surface area (Å²) in [5.74, 6) is 5.06. The molecule has 4 heteroatoms. The SMILES string of the molecule is C=CCOc1ccc(C#Cc2ccc(C3CCC4CC(C=C)CCC4C3)c(F)c2F)c(F)c1. The first-order valence-electron chi connectivity index (χ1n) is 11.7. The molecule has 0 heterocycles. The van der Waals surface area contributed by atoms with E-state index < -0.39 is 17.5 Å². The maximum atomic E-state index is 15.0. The summed E-state index contributed by atoms with van der Waals surface area (Å²) in [6.45, 7) is 7.74. The predicted octanol–water partition coefficient (Wildman–Crippen LogP) is 7.55. The minimum atomic E-state index is -0.955. The highest BCUT2D eigenvalue weighted by Gasteiger charge is 2.36. The maximum Gasteiger partial charge on any atom is 0.174 e. The molecule has 0 aromatic heterocycles. The van der Waals surface area contributed by atoms with Crippen LogP contribution in [0.4, 0.5) is 13.2 Å². The van der Waals surface area contributed by atoms with E-state index in [1.165, 1.54) is 24.6 Å². The fourth-order valence-corrected chi connectivity index (χ4v) is 5.38. The molecule has 0 bridgehead atoms. The van der Waals surface area contributed by atoms with E-state index in [-0.39, 0.29) is 23.7 Å². The molecule has 0 N–H and O–H groups in total. The summed E-state index contributed by atoms with van der Waals surface area (Å²) < 4.78 is 49.4. The highest BCUT2D eigenvalue weighted by atomic mass is 19.2. The first-order valence-corrected chi connectivity index (χ1v) is 11.7. The van der Waals surface area contributed by atoms with Crippen LogP contribution < -0.4 is 4.74 Å². The second-order valence-electron chi connectivity index (χ2n) is 9.16. The Labute approximate surface area is 194 Å². The molecule has 0 radical (unpaired) electrons. The van der Waals surface area contributed by atoms with Crippen LogP contribution in [0.1, 0.15) is 61.1 Å². The van der Waals surface area contributed by atoms with Crippen LogP contribution in [0.5, 0.6) is 5.75 Å². The highest BCUT2D eigenvalue weighted by molar-refractivity contribution is 5.47. The minimum absolute atomic E-state index is 0.0311. The molecule has 2 aliphatic rings. The van der Waals surface area contributed by atoms with Crippen LogP contribution in [0.15, 0.2) is 55.6 Å². The van der Waals surface area contributed by atoms with E-state index in [1.54, 1.807) is 18.2 Å². The molecule has 2 aromatic carbocycles. The lowest BCUT2D eigenvalue weighted by molar-refractivity contribution is 0.132. The molecule has 2 saturated carbocycles. The normalized spacial score (nSPS) is 24.2. The molecular weight excluding hydrogens is 421 g/mol. The smallest absolute Gasteiger partial charge is 0.174 e. The molecule has 0 saturated heterocycles. The van der Waals surface area contributed by atoms with Gasteiger partial charge in [0.1, 0.15) is 18.2 Å². The summed E-state index contributed by atoms with van der Waals surface area (Å²) in [6, 6.07) is 7.43. The Morgan fingerprint density at radius 3 is 2.36 bits per heavy atom. The van der Waals surface area contributed by atoms with Crippen molar-refractivity contribution < 1.29 is 17.9 Å². The van der Waals surface area contributed by atoms with Crippen LogP contribution >= 0.6 is 0 Å². The van der Waals surface area contributed by atoms with Gasteiger partial charge in [-0.3, -0.25) is 0 Å². The van der Waals surface area contributed by atoms with E-state index in [9.17, 15) is 8.78 Å². The van der Waals surface area contributed by atoms with Crippen molar-refractivity contribution in [1.82, 2.24) is 0 Å². The van der Waals surface area contributed by atoms with E-state index in [0.717, 1.165) is 32.1 Å². The lowest BCUT2D eigenvalue weighted by Crippen LogP contribution is -2.30. The zero-order valence-electron chi connectivity index (χ0n) is 18.8. The van der Waals surface area contributed by atoms with Gasteiger partial charge in [-0.15, -0.1) is 6.58 Å². The Morgan fingerprint density at radius 2 is 1.61 bits per heavy atom. The van der Waals surface area contributed by atoms with Crippen LogP contribution in [0.2, 0.25) is 0 Å². The van der Waals surface area contributed by atoms with Gasteiger partial charge in [-0.25, -0.2) is 13.2 Å². The van der Waals surface area contributed by atoms with Crippen molar-refractivity contribution in [2.45, 2.75) is 44.4 Å². The van der Waals surface area contributed by atoms with Gasteiger partial charge in [0.2, 0.25) is 0 Å². The van der Waals surface area contributed by atoms with Crippen LogP contribution in [0.3, 0.4) is 0 Å². The van der Waals surface area contributed by atoms with Gasteiger partial charge >= 0.3 is 0 Å². The number of rotatable bonds is 5. The first kappa shape index (κ1) is 23.2. The molecule has 0 spiro atoms. The van der Waals surface area contributed by atoms with Crippen molar-refractivity contribution in [3.05, 3.63) is 89.8 Å². The Bertz CT molecular complexity index is 1090. The van der Waals surface area contributed by atoms with Gasteiger partial charge < -0.3 is 4.74 Å². The number of benzene rings is 2. The van der Waals surface area contributed by atoms with E-state index >= 15 is 4.39 Å². The van der Waals surface area contributed by atoms with Crippen LogP contribution in [0, 0.1) is 47.0 Å². The Morgan fingerprint density at radius 1 is 0.879 bits per heavy atom. The first-order chi connectivity index (χ1) is 16.0. The van der Waals surface area contributed by atoms with Gasteiger partial charge in [-0.2, -0.15) is 0 Å². The number of ether oxygens (including phenoxy) is 1. The molecule has 172 valence electrons. The van der Waals surface area contributed by atoms with Gasteiger partial charge in [0.15, 0.2) is 11.6 Å². The molecule has 0 amide bonds. The van der Waals surface area contributed by atoms with Gasteiger partial charge in [0.25, 0.3) is 0 Å². The van der Waals surface area contributed by atoms with Crippen molar-refractivity contribution >= 4 is 0 Å². The van der Waals surface area contributed by atoms with Gasteiger partial charge in [0, 0.05) is 6.07 Å². The third kappa shape index (κ3) is 5.19. The topological polar surface area (TPSA) is 9.23 Å². The maximum absolute atomic E-state index is 15.0. The van der Waals surface area contributed by atoms with Gasteiger partial charge in [-0.1, -0.05) is 36.6 Å². The Hall–Kier alpha value is -2.93. The van der Waals surface area contributed by atoms with Crippen LogP contribution in [0.25, 0.3) is 0 Å². The summed E-state index contributed by atoms with van der Waals surface area (Å²) in [5, 5.41) is 0. The molecule has 1 nitrogen and oxygen atoms in total. The van der Waals surface area contributed by atoms with E-state index in [4.69, 9.17) is 4.74 Å². The molecule has 4 atom stereocenters. The number of fused-ring (bicyclic) bond motifs is 1. The summed E-state index contributed by atoms with van der Waals surface area (Å²) in [4.78, 5) is 0. The Balaban J connectivity index is 1.49. The molecule has 33 heavy (non-hydrogen) atoms. The van der Waals surface area contributed by atoms with Crippen molar-refractivity contribution in [2.75, 3.05) is 6.61 Å². The Kier molecular flexibility index (Phi) is 7.28. The molecule has 4 rings (SSSR count). The predicted molar refractivity (Wildman–Crippen MR) is 126 cm³/mol. The van der Waals surface area contributed by atoms with Crippen molar-refractivity contribution in [2.24, 2.45) is 17.8 Å². The quantitative estimate of drug-likeness (QED) is 0.337. The lowest BCUT2D eigenvalue weighted by Gasteiger charge is -2.41. The molecule has 2 aliphatic carbocycles. The molecule has 0 aliphatic heterocycles. The number of allylic oxidation sites excluding steroid dienone is 1. The average Bonchev–Trinajstić information content (AvgIpc) is 2.83. The summed E-state index contributed by atoms with van der Waals surface area (Å²) in [7, 11) is 0. The van der Waals surface area contributed by atoms with Crippen LogP contribution in [-0.4, -0.2) is 6.61 Å². The van der Waals surface area contributed by atoms with Crippen LogP contribution in [-0.2, 0) is 0 Å². The minimum Gasteiger partial charge on any atom is -0.489 e. The molecular formula is C29H29F3O. The monoisotopic (exact) mass is 450 g/mol. The van der Waals surface area contributed by atoms with E-state index in [2.05, 4.69) is 31.1 Å². The summed E-state index contributed by atoms with van der Waals surface area (Å²) >= 11 is 0. The zero-order chi connectivity index (χ0) is 23.4. The molecule has 2 aromatic rings. The average molecular weight is 451 g/mol. The number of halogens is 3. The van der Waals surface area contributed by atoms with Crippen molar-refractivity contribution in [3.8, 4) is 17.6 Å². The van der Waals surface area contributed by atoms with E-state index in [1.807, 2.05) is 0 Å². The fourth-order valence-electron chi connectivity index (χ4n) is 5.38. The van der Waals surface area contributed by atoms with Gasteiger partial charge in [-0.05, 0) is 86.0 Å². The molecule has 2 fully saturated rings. The standard InChI is InChI=1S/C29H29F3O/c1-3-15-33-25-13-11-20(27(30)18-25)7-8-21-12-14-26(29(32)28(21)31)24-10-9-22-16-19(4-2)5-6-23(22)17-24/h3-4,11-14,18-19,22-24H,1-2,5-6,9-10,15-17H2. The second-order valence-corrected chi connectivity index (χ2v) is 9.16. The van der Waals surface area contributed by atoms with Gasteiger partial charge in [0.05, 0.1) is 11.1 Å². The third-order valence-corrected chi connectivity index (χ3v) is 7.18. The fraction of sp³-hybridized carbons (Fsp3) is 0.379. The van der Waals surface area contributed by atoms with E-state index in [0.29, 0.717) is 29.1 Å². The molecule has 4 unspecified atom stereocenters. The largest absolute Gasteiger partial charge is 0.489 e. The van der Waals surface area contributed by atoms with Crippen molar-refractivity contribution in [3.63, 3.8) is 0 Å². The summed E-state index contributed by atoms with van der Waals surface area (Å²) in [6.07, 6.45) is 9.90. The summed E-state index contributed by atoms with van der Waals surface area (Å²) in [5.41, 5.74) is 0.471. The zero-order valence-corrected chi connectivity index (χ0v) is 18.8. The second kappa shape index (κ2) is 10.3. The third-order valence-electron chi connectivity index (χ3n) is 7.18.